The average Bonchev–Trinajstić information content (AvgIpc) is 2.15. The summed E-state index contributed by atoms with van der Waals surface area (Å²) in [5, 5.41) is 0.652. The quantitative estimate of drug-likeness (QED) is 0.817. The number of aromatic nitrogens is 1. The monoisotopic (exact) mass is 287 g/mol. The third kappa shape index (κ3) is 2.01. The van der Waals surface area contributed by atoms with Gasteiger partial charge < -0.3 is 0 Å². The van der Waals surface area contributed by atoms with Gasteiger partial charge in [-0.25, -0.2) is 0 Å². The summed E-state index contributed by atoms with van der Waals surface area (Å²) in [6.07, 6.45) is 1.48. The number of nitrogens with zero attached hydrogens (tertiary/aromatic N) is 1. The highest BCUT2D eigenvalue weighted by atomic mass is 79.9. The van der Waals surface area contributed by atoms with Crippen LogP contribution in [0.2, 0.25) is 0 Å². The van der Waals surface area contributed by atoms with Gasteiger partial charge in [0.25, 0.3) is 10.1 Å². The van der Waals surface area contributed by atoms with Crippen molar-refractivity contribution in [3.63, 3.8) is 0 Å². The van der Waals surface area contributed by atoms with Crippen molar-refractivity contribution in [2.45, 2.75) is 4.90 Å². The molecule has 0 amide bonds. The first-order valence-corrected chi connectivity index (χ1v) is 6.23. The fraction of sp³-hybridized carbons (Fsp3) is 0. The summed E-state index contributed by atoms with van der Waals surface area (Å²) in [5.41, 5.74) is 0.267. The van der Waals surface area contributed by atoms with E-state index in [9.17, 15) is 8.42 Å². The summed E-state index contributed by atoms with van der Waals surface area (Å²) in [6.45, 7) is 0. The van der Waals surface area contributed by atoms with E-state index >= 15 is 0 Å². The molecule has 0 aliphatic rings. The summed E-state index contributed by atoms with van der Waals surface area (Å²) in [6, 6.07) is 6.33. The zero-order valence-electron chi connectivity index (χ0n) is 7.38. The highest BCUT2D eigenvalue weighted by Gasteiger charge is 2.14. The van der Waals surface area contributed by atoms with Gasteiger partial charge in [-0.2, -0.15) is 8.42 Å². The zero-order chi connectivity index (χ0) is 11.1. The van der Waals surface area contributed by atoms with Gasteiger partial charge in [-0.1, -0.05) is 12.1 Å². The summed E-state index contributed by atoms with van der Waals surface area (Å²) in [4.78, 5) is 3.79. The molecule has 15 heavy (non-hydrogen) atoms. The molecule has 1 aromatic carbocycles. The smallest absolute Gasteiger partial charge is 0.282 e. The minimum atomic E-state index is -4.22. The molecule has 2 aromatic rings. The molecule has 0 aliphatic carbocycles. The molecule has 1 aromatic heterocycles. The van der Waals surface area contributed by atoms with Crippen LogP contribution in [0, 0.1) is 0 Å². The van der Waals surface area contributed by atoms with E-state index in [4.69, 9.17) is 4.55 Å². The Morgan fingerprint density at radius 1 is 1.33 bits per heavy atom. The van der Waals surface area contributed by atoms with Crippen LogP contribution in [0.25, 0.3) is 10.9 Å². The molecular weight excluding hydrogens is 282 g/mol. The van der Waals surface area contributed by atoms with Crippen LogP contribution in [0.15, 0.2) is 39.8 Å². The van der Waals surface area contributed by atoms with Crippen LogP contribution < -0.4 is 0 Å². The van der Waals surface area contributed by atoms with Crippen LogP contribution in [0.3, 0.4) is 0 Å². The number of hydrogen-bond acceptors (Lipinski definition) is 3. The number of hydrogen-bond donors (Lipinski definition) is 1. The highest BCUT2D eigenvalue weighted by Crippen LogP contribution is 2.23. The van der Waals surface area contributed by atoms with Gasteiger partial charge in [0.15, 0.2) is 0 Å². The maximum atomic E-state index is 11.0. The minimum Gasteiger partial charge on any atom is -0.282 e. The molecule has 0 saturated heterocycles. The molecule has 0 radical (unpaired) electrons. The lowest BCUT2D eigenvalue weighted by Gasteiger charge is -2.02. The van der Waals surface area contributed by atoms with E-state index < -0.39 is 10.1 Å². The number of para-hydroxylation sites is 1. The predicted octanol–water partition coefficient (Wildman–Crippen LogP) is 2.24. The van der Waals surface area contributed by atoms with E-state index in [2.05, 4.69) is 20.9 Å². The molecule has 1 N–H and O–H groups in total. The first kappa shape index (κ1) is 10.5. The summed E-state index contributed by atoms with van der Waals surface area (Å²) in [7, 11) is -4.22. The van der Waals surface area contributed by atoms with E-state index in [1.54, 1.807) is 18.2 Å². The lowest BCUT2D eigenvalue weighted by atomic mass is 10.2. The Morgan fingerprint density at radius 3 is 2.73 bits per heavy atom. The first-order valence-electron chi connectivity index (χ1n) is 4.00. The van der Waals surface area contributed by atoms with Crippen LogP contribution in [-0.4, -0.2) is 18.0 Å². The van der Waals surface area contributed by atoms with Crippen molar-refractivity contribution >= 4 is 37.0 Å². The third-order valence-corrected chi connectivity index (χ3v) is 3.24. The third-order valence-electron chi connectivity index (χ3n) is 1.92. The number of fused-ring (bicyclic) bond motifs is 1. The number of benzene rings is 1. The van der Waals surface area contributed by atoms with E-state index in [1.165, 1.54) is 12.3 Å². The molecule has 6 heteroatoms. The molecule has 4 nitrogen and oxygen atoms in total. The molecule has 2 rings (SSSR count). The van der Waals surface area contributed by atoms with E-state index in [-0.39, 0.29) is 10.4 Å². The van der Waals surface area contributed by atoms with Crippen LogP contribution in [-0.2, 0) is 10.1 Å². The van der Waals surface area contributed by atoms with Gasteiger partial charge in [0.2, 0.25) is 0 Å². The van der Waals surface area contributed by atoms with Crippen LogP contribution in [0.4, 0.5) is 0 Å². The van der Waals surface area contributed by atoms with Crippen molar-refractivity contribution in [1.29, 1.82) is 0 Å². The van der Waals surface area contributed by atoms with Crippen molar-refractivity contribution in [3.8, 4) is 0 Å². The highest BCUT2D eigenvalue weighted by molar-refractivity contribution is 9.10. The van der Waals surface area contributed by atoms with Gasteiger partial charge >= 0.3 is 0 Å². The summed E-state index contributed by atoms with van der Waals surface area (Å²) < 4.78 is 31.8. The molecule has 78 valence electrons. The maximum absolute atomic E-state index is 11.0. The fourth-order valence-electron chi connectivity index (χ4n) is 1.31. The average molecular weight is 288 g/mol. The second-order valence-electron chi connectivity index (χ2n) is 2.96. The molecular formula is C9H6BrNO3S. The molecule has 0 saturated carbocycles. The Bertz CT molecular complexity index is 624. The zero-order valence-corrected chi connectivity index (χ0v) is 9.79. The molecule has 0 atom stereocenters. The van der Waals surface area contributed by atoms with Gasteiger partial charge in [-0.15, -0.1) is 0 Å². The van der Waals surface area contributed by atoms with Gasteiger partial charge in [0.05, 0.1) is 5.52 Å². The van der Waals surface area contributed by atoms with Crippen LogP contribution in [0.1, 0.15) is 0 Å². The minimum absolute atomic E-state index is 0.174. The normalized spacial score (nSPS) is 11.9. The van der Waals surface area contributed by atoms with Gasteiger partial charge in [0.1, 0.15) is 4.90 Å². The molecule has 1 heterocycles. The van der Waals surface area contributed by atoms with E-state index in [0.717, 1.165) is 4.47 Å². The fourth-order valence-corrected chi connectivity index (χ4v) is 2.33. The summed E-state index contributed by atoms with van der Waals surface area (Å²) >= 11 is 3.23. The Kier molecular flexibility index (Phi) is 2.49. The van der Waals surface area contributed by atoms with Crippen molar-refractivity contribution in [2.24, 2.45) is 0 Å². The maximum Gasteiger partial charge on any atom is 0.296 e. The number of halogens is 1. The van der Waals surface area contributed by atoms with Gasteiger partial charge in [-0.3, -0.25) is 9.54 Å². The van der Waals surface area contributed by atoms with E-state index in [0.29, 0.717) is 5.39 Å². The second kappa shape index (κ2) is 3.55. The van der Waals surface area contributed by atoms with Crippen LogP contribution >= 0.6 is 15.9 Å². The molecule has 0 unspecified atom stereocenters. The Labute approximate surface area is 94.8 Å². The van der Waals surface area contributed by atoms with Crippen molar-refractivity contribution in [1.82, 2.24) is 4.98 Å². The number of pyridine rings is 1. The topological polar surface area (TPSA) is 67.3 Å². The van der Waals surface area contributed by atoms with Crippen LogP contribution in [0.5, 0.6) is 0 Å². The Balaban J connectivity index is 2.89. The second-order valence-corrected chi connectivity index (χ2v) is 5.26. The molecule has 0 spiro atoms. The molecule has 0 fully saturated rings. The van der Waals surface area contributed by atoms with Crippen molar-refractivity contribution in [2.75, 3.05) is 0 Å². The molecule has 0 bridgehead atoms. The Hall–Kier alpha value is -0.980. The Morgan fingerprint density at radius 2 is 2.07 bits per heavy atom. The number of rotatable bonds is 1. The lowest BCUT2D eigenvalue weighted by molar-refractivity contribution is 0.484. The SMILES string of the molecule is O=S(=O)(O)c1cccc2cc(Br)cnc12. The largest absolute Gasteiger partial charge is 0.296 e. The van der Waals surface area contributed by atoms with Crippen molar-refractivity contribution in [3.05, 3.63) is 34.9 Å². The van der Waals surface area contributed by atoms with E-state index in [1.807, 2.05) is 0 Å². The predicted molar refractivity (Wildman–Crippen MR) is 59.3 cm³/mol. The first-order chi connectivity index (χ1) is 6.98. The lowest BCUT2D eigenvalue weighted by Crippen LogP contribution is -1.99. The van der Waals surface area contributed by atoms with Gasteiger partial charge in [-0.05, 0) is 28.1 Å². The molecule has 0 aliphatic heterocycles. The van der Waals surface area contributed by atoms with Gasteiger partial charge in [0, 0.05) is 16.1 Å². The standard InChI is InChI=1S/C9H6BrNO3S/c10-7-4-6-2-1-3-8(15(12,13)14)9(6)11-5-7/h1-5H,(H,12,13,14). The van der Waals surface area contributed by atoms with Crippen molar-refractivity contribution < 1.29 is 13.0 Å². The summed E-state index contributed by atoms with van der Waals surface area (Å²) in [5.74, 6) is 0.